The molecule has 1 saturated heterocycles. The Labute approximate surface area is 134 Å². The number of anilines is 1. The lowest BCUT2D eigenvalue weighted by Gasteiger charge is -2.31. The lowest BCUT2D eigenvalue weighted by molar-refractivity contribution is 0.436. The van der Waals surface area contributed by atoms with Crippen LogP contribution in [0.4, 0.5) is 5.82 Å². The van der Waals surface area contributed by atoms with Crippen molar-refractivity contribution in [1.29, 1.82) is 0 Å². The Bertz CT molecular complexity index is 493. The normalized spacial score (nSPS) is 17.6. The standard InChI is InChI=1S/C17H29N5/c1-13-7-9-22(10-8-13)15-6-5-14(11-19-15)12-20-16(18)21-17(2,3)4/h5-6,11,13H,7-10,12H2,1-4H3,(H3,18,20,21). The molecule has 122 valence electrons. The van der Waals surface area contributed by atoms with Gasteiger partial charge in [-0.05, 0) is 51.2 Å². The smallest absolute Gasteiger partial charge is 0.189 e. The minimum atomic E-state index is -0.0684. The quantitative estimate of drug-likeness (QED) is 0.665. The third kappa shape index (κ3) is 5.20. The molecule has 0 aliphatic carbocycles. The van der Waals surface area contributed by atoms with Crippen LogP contribution in [0.1, 0.15) is 46.1 Å². The van der Waals surface area contributed by atoms with Crippen molar-refractivity contribution in [2.24, 2.45) is 16.6 Å². The second-order valence-electron chi connectivity index (χ2n) is 7.27. The Morgan fingerprint density at radius 3 is 2.59 bits per heavy atom. The van der Waals surface area contributed by atoms with Gasteiger partial charge in [0.15, 0.2) is 5.96 Å². The van der Waals surface area contributed by atoms with Crippen LogP contribution in [0.15, 0.2) is 23.3 Å². The minimum Gasteiger partial charge on any atom is -0.370 e. The van der Waals surface area contributed by atoms with Gasteiger partial charge in [-0.15, -0.1) is 0 Å². The Balaban J connectivity index is 1.90. The summed E-state index contributed by atoms with van der Waals surface area (Å²) in [6, 6.07) is 4.18. The summed E-state index contributed by atoms with van der Waals surface area (Å²) in [6.07, 6.45) is 4.41. The van der Waals surface area contributed by atoms with Gasteiger partial charge < -0.3 is 16.0 Å². The van der Waals surface area contributed by atoms with Gasteiger partial charge in [-0.1, -0.05) is 13.0 Å². The highest BCUT2D eigenvalue weighted by atomic mass is 15.2. The van der Waals surface area contributed by atoms with Crippen LogP contribution in [-0.2, 0) is 6.54 Å². The molecule has 1 aromatic heterocycles. The van der Waals surface area contributed by atoms with Crippen molar-refractivity contribution in [3.63, 3.8) is 0 Å². The first-order valence-corrected chi connectivity index (χ1v) is 8.11. The molecule has 3 N–H and O–H groups in total. The maximum Gasteiger partial charge on any atom is 0.189 e. The van der Waals surface area contributed by atoms with Crippen LogP contribution in [0.2, 0.25) is 0 Å². The predicted octanol–water partition coefficient (Wildman–Crippen LogP) is 2.52. The van der Waals surface area contributed by atoms with Gasteiger partial charge in [0.05, 0.1) is 6.54 Å². The topological polar surface area (TPSA) is 66.5 Å². The summed E-state index contributed by atoms with van der Waals surface area (Å²) in [5.74, 6) is 2.38. The van der Waals surface area contributed by atoms with Crippen LogP contribution >= 0.6 is 0 Å². The van der Waals surface area contributed by atoms with Gasteiger partial charge in [0.25, 0.3) is 0 Å². The number of pyridine rings is 1. The number of nitrogens with one attached hydrogen (secondary N) is 1. The van der Waals surface area contributed by atoms with E-state index in [1.54, 1.807) is 0 Å². The van der Waals surface area contributed by atoms with Gasteiger partial charge in [-0.3, -0.25) is 0 Å². The molecule has 2 rings (SSSR count). The van der Waals surface area contributed by atoms with E-state index in [4.69, 9.17) is 5.73 Å². The van der Waals surface area contributed by atoms with E-state index in [1.165, 1.54) is 12.8 Å². The van der Waals surface area contributed by atoms with Crippen molar-refractivity contribution in [2.45, 2.75) is 52.6 Å². The fourth-order valence-electron chi connectivity index (χ4n) is 2.54. The molecule has 5 nitrogen and oxygen atoms in total. The van der Waals surface area contributed by atoms with Crippen LogP contribution in [0, 0.1) is 5.92 Å². The molecule has 5 heteroatoms. The lowest BCUT2D eigenvalue weighted by Crippen LogP contribution is -2.44. The average Bonchev–Trinajstić information content (AvgIpc) is 2.45. The average molecular weight is 303 g/mol. The van der Waals surface area contributed by atoms with Crippen LogP contribution in [0.25, 0.3) is 0 Å². The second-order valence-corrected chi connectivity index (χ2v) is 7.27. The molecule has 2 heterocycles. The Morgan fingerprint density at radius 2 is 2.05 bits per heavy atom. The van der Waals surface area contributed by atoms with Gasteiger partial charge >= 0.3 is 0 Å². The Morgan fingerprint density at radius 1 is 1.36 bits per heavy atom. The van der Waals surface area contributed by atoms with E-state index in [1.807, 2.05) is 6.20 Å². The summed E-state index contributed by atoms with van der Waals surface area (Å²) in [6.45, 7) is 11.3. The Hall–Kier alpha value is -1.78. The van der Waals surface area contributed by atoms with E-state index in [-0.39, 0.29) is 5.54 Å². The first kappa shape index (κ1) is 16.6. The van der Waals surface area contributed by atoms with Crippen molar-refractivity contribution < 1.29 is 0 Å². The number of aliphatic imine (C=N–C) groups is 1. The minimum absolute atomic E-state index is 0.0684. The van der Waals surface area contributed by atoms with E-state index in [2.05, 4.69) is 60.0 Å². The van der Waals surface area contributed by atoms with Gasteiger partial charge in [-0.2, -0.15) is 0 Å². The highest BCUT2D eigenvalue weighted by molar-refractivity contribution is 5.78. The zero-order valence-electron chi connectivity index (χ0n) is 14.3. The van der Waals surface area contributed by atoms with Gasteiger partial charge in [0.1, 0.15) is 5.82 Å². The van der Waals surface area contributed by atoms with Gasteiger partial charge in [0.2, 0.25) is 0 Å². The van der Waals surface area contributed by atoms with Crippen molar-refractivity contribution >= 4 is 11.8 Å². The number of nitrogens with zero attached hydrogens (tertiary/aromatic N) is 3. The fraction of sp³-hybridized carbons (Fsp3) is 0.647. The third-order valence-corrected chi connectivity index (χ3v) is 3.85. The zero-order valence-corrected chi connectivity index (χ0v) is 14.3. The monoisotopic (exact) mass is 303 g/mol. The van der Waals surface area contributed by atoms with E-state index in [0.717, 1.165) is 30.4 Å². The molecular weight excluding hydrogens is 274 g/mol. The molecule has 22 heavy (non-hydrogen) atoms. The van der Waals surface area contributed by atoms with Gasteiger partial charge in [0, 0.05) is 24.8 Å². The summed E-state index contributed by atoms with van der Waals surface area (Å²) < 4.78 is 0. The first-order chi connectivity index (χ1) is 10.3. The van der Waals surface area contributed by atoms with Crippen molar-refractivity contribution in [3.05, 3.63) is 23.9 Å². The van der Waals surface area contributed by atoms with Crippen LogP contribution in [0.5, 0.6) is 0 Å². The SMILES string of the molecule is CC1CCN(c2ccc(CN=C(N)NC(C)(C)C)cn2)CC1. The van der Waals surface area contributed by atoms with Crippen molar-refractivity contribution in [2.75, 3.05) is 18.0 Å². The molecule has 0 amide bonds. The summed E-state index contributed by atoms with van der Waals surface area (Å²) >= 11 is 0. The number of nitrogens with two attached hydrogens (primary N) is 1. The van der Waals surface area contributed by atoms with Crippen LogP contribution < -0.4 is 16.0 Å². The maximum atomic E-state index is 5.88. The summed E-state index contributed by atoms with van der Waals surface area (Å²) in [7, 11) is 0. The maximum absolute atomic E-state index is 5.88. The van der Waals surface area contributed by atoms with Crippen molar-refractivity contribution in [1.82, 2.24) is 10.3 Å². The highest BCUT2D eigenvalue weighted by Crippen LogP contribution is 2.21. The molecule has 1 fully saturated rings. The first-order valence-electron chi connectivity index (χ1n) is 8.11. The molecule has 1 aliphatic rings. The predicted molar refractivity (Wildman–Crippen MR) is 93.1 cm³/mol. The zero-order chi connectivity index (χ0) is 16.2. The molecule has 0 radical (unpaired) electrons. The van der Waals surface area contributed by atoms with Gasteiger partial charge in [-0.25, -0.2) is 9.98 Å². The number of hydrogen-bond acceptors (Lipinski definition) is 3. The number of hydrogen-bond donors (Lipinski definition) is 2. The number of aromatic nitrogens is 1. The molecule has 0 spiro atoms. The van der Waals surface area contributed by atoms with E-state index in [9.17, 15) is 0 Å². The molecule has 0 saturated carbocycles. The highest BCUT2D eigenvalue weighted by Gasteiger charge is 2.16. The largest absolute Gasteiger partial charge is 0.370 e. The molecule has 0 atom stereocenters. The van der Waals surface area contributed by atoms with E-state index >= 15 is 0 Å². The van der Waals surface area contributed by atoms with E-state index < -0.39 is 0 Å². The molecule has 0 aromatic carbocycles. The summed E-state index contributed by atoms with van der Waals surface area (Å²) in [5, 5.41) is 3.16. The number of rotatable bonds is 3. The molecular formula is C17H29N5. The molecule has 0 unspecified atom stereocenters. The Kier molecular flexibility index (Phi) is 5.27. The van der Waals surface area contributed by atoms with E-state index in [0.29, 0.717) is 12.5 Å². The number of guanidine groups is 1. The van der Waals surface area contributed by atoms with Crippen LogP contribution in [-0.4, -0.2) is 29.6 Å². The lowest BCUT2D eigenvalue weighted by atomic mass is 9.99. The summed E-state index contributed by atoms with van der Waals surface area (Å²) in [5.41, 5.74) is 6.89. The van der Waals surface area contributed by atoms with Crippen molar-refractivity contribution in [3.8, 4) is 0 Å². The molecule has 1 aliphatic heterocycles. The number of piperidine rings is 1. The molecule has 0 bridgehead atoms. The fourth-order valence-corrected chi connectivity index (χ4v) is 2.54. The second kappa shape index (κ2) is 6.99. The summed E-state index contributed by atoms with van der Waals surface area (Å²) in [4.78, 5) is 11.3. The van der Waals surface area contributed by atoms with Crippen LogP contribution in [0.3, 0.4) is 0 Å². The third-order valence-electron chi connectivity index (χ3n) is 3.85. The molecule has 1 aromatic rings.